The zero-order valence-electron chi connectivity index (χ0n) is 16.1. The van der Waals surface area contributed by atoms with Crippen molar-refractivity contribution in [1.82, 2.24) is 4.98 Å². The average Bonchev–Trinajstić information content (AvgIpc) is 3.11. The van der Waals surface area contributed by atoms with Gasteiger partial charge in [-0.2, -0.15) is 0 Å². The first-order valence-electron chi connectivity index (χ1n) is 9.70. The molecule has 146 valence electrons. The summed E-state index contributed by atoms with van der Waals surface area (Å²) < 4.78 is 6.00. The quantitative estimate of drug-likeness (QED) is 0.696. The van der Waals surface area contributed by atoms with Crippen LogP contribution in [-0.4, -0.2) is 35.2 Å². The third-order valence-corrected chi connectivity index (χ3v) is 5.39. The van der Waals surface area contributed by atoms with E-state index in [0.717, 1.165) is 35.5 Å². The second-order valence-corrected chi connectivity index (χ2v) is 7.56. The molecule has 0 spiro atoms. The molecule has 2 aliphatic rings. The number of hydrogen-bond donors (Lipinski definition) is 2. The van der Waals surface area contributed by atoms with E-state index in [4.69, 9.17) is 4.74 Å². The van der Waals surface area contributed by atoms with E-state index in [1.165, 1.54) is 0 Å². The number of nitrogens with zero attached hydrogens (tertiary/aromatic N) is 2. The number of aliphatic hydroxyl groups is 1. The van der Waals surface area contributed by atoms with Gasteiger partial charge in [0.25, 0.3) is 5.91 Å². The van der Waals surface area contributed by atoms with Crippen LogP contribution in [0.25, 0.3) is 11.1 Å². The van der Waals surface area contributed by atoms with Crippen LogP contribution in [0.3, 0.4) is 0 Å². The third-order valence-electron chi connectivity index (χ3n) is 5.39. The molecule has 29 heavy (non-hydrogen) atoms. The SMILES string of the molecule is Cc1ccc2c(c1)NC(=O)c1cc(-c3ccnc(N4CC[C@H](O)C4)c3)ccc1O2. The van der Waals surface area contributed by atoms with Gasteiger partial charge in [-0.05, 0) is 66.4 Å². The fraction of sp³-hybridized carbons (Fsp3) is 0.217. The Morgan fingerprint density at radius 2 is 1.93 bits per heavy atom. The predicted octanol–water partition coefficient (Wildman–Crippen LogP) is 3.99. The van der Waals surface area contributed by atoms with Crippen LogP contribution in [0.5, 0.6) is 11.5 Å². The van der Waals surface area contributed by atoms with Gasteiger partial charge in [-0.25, -0.2) is 4.98 Å². The van der Waals surface area contributed by atoms with E-state index in [1.54, 1.807) is 6.20 Å². The minimum atomic E-state index is -0.306. The predicted molar refractivity (Wildman–Crippen MR) is 112 cm³/mol. The average molecular weight is 387 g/mol. The molecule has 2 aliphatic heterocycles. The van der Waals surface area contributed by atoms with Crippen molar-refractivity contribution in [2.75, 3.05) is 23.3 Å². The Balaban J connectivity index is 1.50. The lowest BCUT2D eigenvalue weighted by Crippen LogP contribution is -2.22. The first-order chi connectivity index (χ1) is 14.1. The summed E-state index contributed by atoms with van der Waals surface area (Å²) in [4.78, 5) is 19.4. The van der Waals surface area contributed by atoms with E-state index in [2.05, 4.69) is 15.2 Å². The van der Waals surface area contributed by atoms with E-state index in [-0.39, 0.29) is 12.0 Å². The summed E-state index contributed by atoms with van der Waals surface area (Å²) in [6.45, 7) is 3.35. The molecular formula is C23H21N3O3. The maximum Gasteiger partial charge on any atom is 0.259 e. The van der Waals surface area contributed by atoms with Gasteiger partial charge in [0, 0.05) is 19.3 Å². The summed E-state index contributed by atoms with van der Waals surface area (Å²) in [6.07, 6.45) is 2.21. The number of carbonyl (C=O) groups excluding carboxylic acids is 1. The van der Waals surface area contributed by atoms with Crippen LogP contribution < -0.4 is 15.0 Å². The summed E-state index contributed by atoms with van der Waals surface area (Å²) in [5.41, 5.74) is 4.09. The van der Waals surface area contributed by atoms with Crippen molar-refractivity contribution in [2.45, 2.75) is 19.4 Å². The van der Waals surface area contributed by atoms with E-state index >= 15 is 0 Å². The number of nitrogens with one attached hydrogen (secondary N) is 1. The first kappa shape index (κ1) is 17.7. The van der Waals surface area contributed by atoms with Crippen LogP contribution in [0, 0.1) is 6.92 Å². The second-order valence-electron chi connectivity index (χ2n) is 7.56. The molecule has 5 rings (SSSR count). The number of carbonyl (C=O) groups is 1. The molecule has 0 saturated carbocycles. The number of amides is 1. The zero-order valence-corrected chi connectivity index (χ0v) is 16.1. The van der Waals surface area contributed by atoms with Gasteiger partial charge in [0.2, 0.25) is 0 Å². The Morgan fingerprint density at radius 1 is 1.10 bits per heavy atom. The molecule has 3 aromatic rings. The lowest BCUT2D eigenvalue weighted by atomic mass is 10.0. The molecular weight excluding hydrogens is 366 g/mol. The molecule has 3 heterocycles. The molecule has 6 heteroatoms. The Kier molecular flexibility index (Phi) is 4.21. The Labute approximate surface area is 168 Å². The molecule has 2 N–H and O–H groups in total. The number of aryl methyl sites for hydroxylation is 1. The van der Waals surface area contributed by atoms with Crippen LogP contribution in [0.1, 0.15) is 22.3 Å². The van der Waals surface area contributed by atoms with Crippen molar-refractivity contribution < 1.29 is 14.6 Å². The summed E-state index contributed by atoms with van der Waals surface area (Å²) >= 11 is 0. The number of aliphatic hydroxyl groups excluding tert-OH is 1. The fourth-order valence-corrected chi connectivity index (χ4v) is 3.84. The van der Waals surface area contributed by atoms with Crippen molar-refractivity contribution in [1.29, 1.82) is 0 Å². The van der Waals surface area contributed by atoms with Crippen LogP contribution >= 0.6 is 0 Å². The van der Waals surface area contributed by atoms with Gasteiger partial charge in [-0.15, -0.1) is 0 Å². The van der Waals surface area contributed by atoms with Crippen molar-refractivity contribution in [3.05, 3.63) is 65.9 Å². The highest BCUT2D eigenvalue weighted by atomic mass is 16.5. The third kappa shape index (κ3) is 3.32. The van der Waals surface area contributed by atoms with Gasteiger partial charge in [-0.3, -0.25) is 4.79 Å². The minimum Gasteiger partial charge on any atom is -0.454 e. The molecule has 1 saturated heterocycles. The minimum absolute atomic E-state index is 0.192. The highest BCUT2D eigenvalue weighted by Crippen LogP contribution is 2.38. The van der Waals surface area contributed by atoms with Gasteiger partial charge in [-0.1, -0.05) is 12.1 Å². The summed E-state index contributed by atoms with van der Waals surface area (Å²) in [7, 11) is 0. The summed E-state index contributed by atoms with van der Waals surface area (Å²) in [5, 5.41) is 12.7. The van der Waals surface area contributed by atoms with Crippen LogP contribution in [0.4, 0.5) is 11.5 Å². The maximum absolute atomic E-state index is 12.8. The van der Waals surface area contributed by atoms with Gasteiger partial charge >= 0.3 is 0 Å². The zero-order chi connectivity index (χ0) is 20.0. The maximum atomic E-state index is 12.8. The van der Waals surface area contributed by atoms with Crippen LogP contribution in [0.15, 0.2) is 54.7 Å². The Bertz CT molecular complexity index is 1110. The van der Waals surface area contributed by atoms with Gasteiger partial charge < -0.3 is 20.1 Å². The number of rotatable bonds is 2. The number of anilines is 2. The molecule has 2 aromatic carbocycles. The van der Waals surface area contributed by atoms with Crippen molar-refractivity contribution in [2.24, 2.45) is 0 Å². The van der Waals surface area contributed by atoms with Gasteiger partial charge in [0.1, 0.15) is 11.6 Å². The molecule has 1 fully saturated rings. The standard InChI is InChI=1S/C23H21N3O3/c1-14-2-4-21-19(10-14)25-23(28)18-11-15(3-5-20(18)29-21)16-6-8-24-22(12-16)26-9-7-17(27)13-26/h2-6,8,10-12,17,27H,7,9,13H2,1H3,(H,25,28)/t17-/m0/s1. The molecule has 1 aromatic heterocycles. The Morgan fingerprint density at radius 3 is 2.76 bits per heavy atom. The number of hydrogen-bond acceptors (Lipinski definition) is 5. The Hall–Kier alpha value is -3.38. The lowest BCUT2D eigenvalue weighted by Gasteiger charge is -2.17. The highest BCUT2D eigenvalue weighted by Gasteiger charge is 2.23. The molecule has 1 amide bonds. The number of fused-ring (bicyclic) bond motifs is 2. The van der Waals surface area contributed by atoms with Crippen molar-refractivity contribution in [3.63, 3.8) is 0 Å². The smallest absolute Gasteiger partial charge is 0.259 e. The summed E-state index contributed by atoms with van der Waals surface area (Å²) in [5.74, 6) is 1.81. The van der Waals surface area contributed by atoms with E-state index < -0.39 is 0 Å². The number of ether oxygens (including phenoxy) is 1. The number of benzene rings is 2. The molecule has 0 bridgehead atoms. The molecule has 0 aliphatic carbocycles. The summed E-state index contributed by atoms with van der Waals surface area (Å²) in [6, 6.07) is 15.3. The number of pyridine rings is 1. The van der Waals surface area contributed by atoms with E-state index in [9.17, 15) is 9.90 Å². The second kappa shape index (κ2) is 6.90. The van der Waals surface area contributed by atoms with Gasteiger partial charge in [0.05, 0.1) is 17.4 Å². The van der Waals surface area contributed by atoms with Crippen LogP contribution in [0.2, 0.25) is 0 Å². The lowest BCUT2D eigenvalue weighted by molar-refractivity contribution is 0.102. The molecule has 6 nitrogen and oxygen atoms in total. The molecule has 1 atom stereocenters. The van der Waals surface area contributed by atoms with E-state index in [1.807, 2.05) is 55.5 Å². The normalized spacial score (nSPS) is 17.8. The fourth-order valence-electron chi connectivity index (χ4n) is 3.84. The number of aromatic nitrogens is 1. The monoisotopic (exact) mass is 387 g/mol. The highest BCUT2D eigenvalue weighted by molar-refractivity contribution is 6.08. The van der Waals surface area contributed by atoms with Crippen molar-refractivity contribution >= 4 is 17.4 Å². The molecule has 0 unspecified atom stereocenters. The first-order valence-corrected chi connectivity index (χ1v) is 9.70. The largest absolute Gasteiger partial charge is 0.454 e. The molecule has 0 radical (unpaired) electrons. The van der Waals surface area contributed by atoms with Crippen molar-refractivity contribution in [3.8, 4) is 22.6 Å². The van der Waals surface area contributed by atoms with E-state index in [0.29, 0.717) is 29.3 Å². The van der Waals surface area contributed by atoms with Gasteiger partial charge in [0.15, 0.2) is 5.75 Å². The topological polar surface area (TPSA) is 74.7 Å². The number of β-amino-alcohol motifs (C(OH)–C–C–N with tert-alkyl or cyclic N) is 1. The van der Waals surface area contributed by atoms with Crippen LogP contribution in [-0.2, 0) is 0 Å².